The molecule has 0 aliphatic heterocycles. The number of aromatic nitrogens is 1. The first-order valence-corrected chi connectivity index (χ1v) is 2.49. The van der Waals surface area contributed by atoms with Gasteiger partial charge in [-0.15, -0.1) is 0 Å². The monoisotopic (exact) mass is 122 g/mol. The molecule has 0 saturated carbocycles. The van der Waals surface area contributed by atoms with E-state index < -0.39 is 5.95 Å². The minimum atomic E-state index is -0.505. The van der Waals surface area contributed by atoms with Gasteiger partial charge in [0.1, 0.15) is 0 Å². The Morgan fingerprint density at radius 3 is 2.89 bits per heavy atom. The van der Waals surface area contributed by atoms with Crippen molar-refractivity contribution >= 4 is 6.08 Å². The molecule has 1 aromatic rings. The van der Waals surface area contributed by atoms with Gasteiger partial charge in [-0.25, -0.2) is 4.98 Å². The highest BCUT2D eigenvalue weighted by Crippen LogP contribution is 1.99. The lowest BCUT2D eigenvalue weighted by molar-refractivity contribution is 0.583. The molecule has 45 valence electrons. The van der Waals surface area contributed by atoms with Gasteiger partial charge in [-0.2, -0.15) is 4.39 Å². The number of halogens is 1. The van der Waals surface area contributed by atoms with Crippen molar-refractivity contribution in [2.75, 3.05) is 0 Å². The molecule has 1 rings (SSSR count). The molecule has 0 amide bonds. The third-order valence-electron chi connectivity index (χ3n) is 0.943. The summed E-state index contributed by atoms with van der Waals surface area (Å²) in [5.41, 5.74) is 0.641. The van der Waals surface area contributed by atoms with Crippen molar-refractivity contribution in [1.82, 2.24) is 4.98 Å². The molecule has 0 bridgehead atoms. The maximum atomic E-state index is 12.2. The molecule has 0 saturated heterocycles. The van der Waals surface area contributed by atoms with Crippen LogP contribution in [0.4, 0.5) is 4.39 Å². The summed E-state index contributed by atoms with van der Waals surface area (Å²) in [6.07, 6.45) is 2.69. The summed E-state index contributed by atoms with van der Waals surface area (Å²) in [6, 6.07) is 2.89. The van der Waals surface area contributed by atoms with Gasteiger partial charge in [0.15, 0.2) is 0 Å². The maximum absolute atomic E-state index is 12.2. The average molecular weight is 122 g/mol. The normalized spacial score (nSPS) is 9.00. The summed E-state index contributed by atoms with van der Waals surface area (Å²) >= 11 is 0. The fourth-order valence-electron chi connectivity index (χ4n) is 0.521. The lowest BCUT2D eigenvalue weighted by Crippen LogP contribution is -1.80. The molecule has 1 heterocycles. The Hall–Kier alpha value is -1.18. The maximum Gasteiger partial charge on any atom is 0.213 e. The van der Waals surface area contributed by atoms with Gasteiger partial charge >= 0.3 is 0 Å². The molecule has 1 radical (unpaired) electrons. The number of rotatable bonds is 1. The molecule has 0 aromatic carbocycles. The summed E-state index contributed by atoms with van der Waals surface area (Å²) in [7, 11) is 0. The van der Waals surface area contributed by atoms with E-state index in [2.05, 4.69) is 4.98 Å². The van der Waals surface area contributed by atoms with Gasteiger partial charge in [0, 0.05) is 12.3 Å². The Kier molecular flexibility index (Phi) is 1.58. The van der Waals surface area contributed by atoms with Gasteiger partial charge < -0.3 is 0 Å². The van der Waals surface area contributed by atoms with Crippen molar-refractivity contribution in [3.05, 3.63) is 36.4 Å². The Morgan fingerprint density at radius 2 is 2.44 bits per heavy atom. The summed E-state index contributed by atoms with van der Waals surface area (Å²) in [5, 5.41) is 0. The van der Waals surface area contributed by atoms with E-state index in [4.69, 9.17) is 6.58 Å². The van der Waals surface area contributed by atoms with Crippen molar-refractivity contribution < 1.29 is 4.39 Å². The summed E-state index contributed by atoms with van der Waals surface area (Å²) in [4.78, 5) is 3.35. The van der Waals surface area contributed by atoms with E-state index >= 15 is 0 Å². The zero-order chi connectivity index (χ0) is 6.69. The zero-order valence-corrected chi connectivity index (χ0v) is 4.71. The van der Waals surface area contributed by atoms with Crippen LogP contribution in [0, 0.1) is 12.5 Å². The second-order valence-electron chi connectivity index (χ2n) is 1.58. The highest BCUT2D eigenvalue weighted by Gasteiger charge is 1.88. The van der Waals surface area contributed by atoms with Crippen LogP contribution in [0.25, 0.3) is 6.08 Å². The number of hydrogen-bond donors (Lipinski definition) is 0. The van der Waals surface area contributed by atoms with Crippen LogP contribution in [-0.4, -0.2) is 4.98 Å². The first-order chi connectivity index (χ1) is 4.33. The summed E-state index contributed by atoms with van der Waals surface area (Å²) in [5.74, 6) is -0.505. The van der Waals surface area contributed by atoms with Crippen molar-refractivity contribution in [2.45, 2.75) is 0 Å². The van der Waals surface area contributed by atoms with Crippen molar-refractivity contribution in [1.29, 1.82) is 0 Å². The van der Waals surface area contributed by atoms with Gasteiger partial charge in [0.05, 0.1) is 0 Å². The molecule has 0 fully saturated rings. The van der Waals surface area contributed by atoms with Gasteiger partial charge in [-0.3, -0.25) is 0 Å². The van der Waals surface area contributed by atoms with E-state index in [0.717, 1.165) is 0 Å². The van der Waals surface area contributed by atoms with Crippen LogP contribution in [0.5, 0.6) is 0 Å². The molecule has 0 aliphatic rings. The molecular formula is C7H5FN. The van der Waals surface area contributed by atoms with Crippen LogP contribution in [0.3, 0.4) is 0 Å². The molecule has 9 heavy (non-hydrogen) atoms. The quantitative estimate of drug-likeness (QED) is 0.516. The standard InChI is InChI=1S/C7H5FN/c1-2-6-3-4-9-7(8)5-6/h1-5H. The summed E-state index contributed by atoms with van der Waals surface area (Å²) in [6.45, 7) is 5.10. The predicted octanol–water partition coefficient (Wildman–Crippen LogP) is 1.67. The third-order valence-corrected chi connectivity index (χ3v) is 0.943. The largest absolute Gasteiger partial charge is 0.228 e. The van der Waals surface area contributed by atoms with E-state index in [1.165, 1.54) is 18.3 Å². The van der Waals surface area contributed by atoms with E-state index in [1.54, 1.807) is 6.07 Å². The third kappa shape index (κ3) is 1.35. The molecule has 1 aromatic heterocycles. The fraction of sp³-hybridized carbons (Fsp3) is 0. The van der Waals surface area contributed by atoms with E-state index in [0.29, 0.717) is 5.56 Å². The van der Waals surface area contributed by atoms with Crippen LogP contribution in [0.15, 0.2) is 18.3 Å². The highest BCUT2D eigenvalue weighted by atomic mass is 19.1. The molecule has 0 spiro atoms. The van der Waals surface area contributed by atoms with Crippen molar-refractivity contribution in [3.63, 3.8) is 0 Å². The van der Waals surface area contributed by atoms with Crippen molar-refractivity contribution in [3.8, 4) is 0 Å². The van der Waals surface area contributed by atoms with E-state index in [1.807, 2.05) is 0 Å². The molecule has 1 nitrogen and oxygen atoms in total. The Morgan fingerprint density at radius 1 is 1.67 bits per heavy atom. The van der Waals surface area contributed by atoms with Crippen LogP contribution >= 0.6 is 0 Å². The molecule has 0 unspecified atom stereocenters. The Labute approximate surface area is 52.9 Å². The minimum absolute atomic E-state index is 0.505. The van der Waals surface area contributed by atoms with Crippen LogP contribution in [0.2, 0.25) is 0 Å². The molecule has 0 atom stereocenters. The lowest BCUT2D eigenvalue weighted by Gasteiger charge is -1.88. The number of hydrogen-bond acceptors (Lipinski definition) is 1. The smallest absolute Gasteiger partial charge is 0.213 e. The van der Waals surface area contributed by atoms with Crippen LogP contribution in [-0.2, 0) is 0 Å². The molecule has 0 N–H and O–H groups in total. The average Bonchev–Trinajstić information content (AvgIpc) is 1.88. The van der Waals surface area contributed by atoms with Gasteiger partial charge in [0.25, 0.3) is 0 Å². The van der Waals surface area contributed by atoms with E-state index in [-0.39, 0.29) is 0 Å². The summed E-state index contributed by atoms with van der Waals surface area (Å²) < 4.78 is 12.2. The van der Waals surface area contributed by atoms with Gasteiger partial charge in [-0.1, -0.05) is 12.7 Å². The highest BCUT2D eigenvalue weighted by molar-refractivity contribution is 5.43. The predicted molar refractivity (Wildman–Crippen MR) is 33.0 cm³/mol. The van der Waals surface area contributed by atoms with Gasteiger partial charge in [0.2, 0.25) is 5.95 Å². The van der Waals surface area contributed by atoms with Gasteiger partial charge in [-0.05, 0) is 11.6 Å². The minimum Gasteiger partial charge on any atom is -0.228 e. The molecular weight excluding hydrogens is 117 g/mol. The van der Waals surface area contributed by atoms with Crippen LogP contribution in [0.1, 0.15) is 5.56 Å². The fourth-order valence-corrected chi connectivity index (χ4v) is 0.521. The SMILES string of the molecule is [CH]=Cc1ccnc(F)c1. The molecule has 2 heteroatoms. The second kappa shape index (κ2) is 2.40. The first-order valence-electron chi connectivity index (χ1n) is 2.49. The number of nitrogens with zero attached hydrogens (tertiary/aromatic N) is 1. The first kappa shape index (κ1) is 5.95. The second-order valence-corrected chi connectivity index (χ2v) is 1.58. The lowest BCUT2D eigenvalue weighted by atomic mass is 10.3. The van der Waals surface area contributed by atoms with Crippen LogP contribution < -0.4 is 0 Å². The topological polar surface area (TPSA) is 12.9 Å². The van der Waals surface area contributed by atoms with E-state index in [9.17, 15) is 4.39 Å². The zero-order valence-electron chi connectivity index (χ0n) is 4.71. The Bertz CT molecular complexity index is 220. The van der Waals surface area contributed by atoms with Crippen molar-refractivity contribution in [2.24, 2.45) is 0 Å². The number of pyridine rings is 1. The Balaban J connectivity index is 3.07. The molecule has 0 aliphatic carbocycles.